The number of ether oxygens (including phenoxy) is 1. The van der Waals surface area contributed by atoms with Crippen molar-refractivity contribution < 1.29 is 18.7 Å². The maximum absolute atomic E-state index is 14.1. The molecule has 1 aliphatic rings. The van der Waals surface area contributed by atoms with Gasteiger partial charge in [0.15, 0.2) is 0 Å². The molecule has 0 unspecified atom stereocenters. The van der Waals surface area contributed by atoms with Gasteiger partial charge in [-0.15, -0.1) is 0 Å². The van der Waals surface area contributed by atoms with Crippen molar-refractivity contribution in [3.8, 4) is 5.75 Å². The van der Waals surface area contributed by atoms with Crippen molar-refractivity contribution in [2.24, 2.45) is 0 Å². The number of amides is 2. The summed E-state index contributed by atoms with van der Waals surface area (Å²) >= 11 is 19.0. The van der Waals surface area contributed by atoms with E-state index >= 15 is 0 Å². The molecule has 2 amide bonds. The molecular formula is C24H15Cl3FNO3S. The highest BCUT2D eigenvalue weighted by Gasteiger charge is 2.36. The van der Waals surface area contributed by atoms with Crippen LogP contribution in [0.2, 0.25) is 15.1 Å². The number of para-hydroxylation sites is 1. The molecule has 1 heterocycles. The summed E-state index contributed by atoms with van der Waals surface area (Å²) in [5.41, 5.74) is 1.45. The van der Waals surface area contributed by atoms with Crippen LogP contribution in [0.15, 0.2) is 65.6 Å². The number of halogens is 4. The van der Waals surface area contributed by atoms with Gasteiger partial charge < -0.3 is 4.74 Å². The molecule has 0 saturated carbocycles. The molecule has 0 spiro atoms. The first kappa shape index (κ1) is 23.6. The standard InChI is InChI=1S/C24H15Cl3FNO3S/c25-16-9-8-15(19(27)11-16)13-32-21-7-2-1-4-14(21)10-22-23(30)29(24(31)33-22)12-17-18(26)5-3-6-20(17)28/h1-11H,12-13H2/b22-10-. The van der Waals surface area contributed by atoms with E-state index in [1.54, 1.807) is 48.5 Å². The zero-order chi connectivity index (χ0) is 23.5. The number of nitrogens with zero attached hydrogens (tertiary/aromatic N) is 1. The van der Waals surface area contributed by atoms with Gasteiger partial charge in [-0.05, 0) is 48.2 Å². The maximum Gasteiger partial charge on any atom is 0.293 e. The van der Waals surface area contributed by atoms with Crippen molar-refractivity contribution in [1.29, 1.82) is 0 Å². The SMILES string of the molecule is O=C1S/C(=C\c2ccccc2OCc2ccc(Cl)cc2Cl)C(=O)N1Cc1c(F)cccc1Cl. The van der Waals surface area contributed by atoms with Crippen LogP contribution in [0, 0.1) is 5.82 Å². The van der Waals surface area contributed by atoms with Crippen molar-refractivity contribution in [1.82, 2.24) is 4.90 Å². The molecule has 168 valence electrons. The molecule has 3 aromatic carbocycles. The van der Waals surface area contributed by atoms with Crippen LogP contribution in [0.4, 0.5) is 9.18 Å². The average molecular weight is 523 g/mol. The highest BCUT2D eigenvalue weighted by atomic mass is 35.5. The molecule has 0 aliphatic carbocycles. The normalized spacial score (nSPS) is 14.9. The molecule has 33 heavy (non-hydrogen) atoms. The second-order valence-electron chi connectivity index (χ2n) is 7.03. The Morgan fingerprint density at radius 2 is 1.76 bits per heavy atom. The summed E-state index contributed by atoms with van der Waals surface area (Å²) in [6, 6.07) is 16.4. The molecule has 1 fully saturated rings. The number of hydrogen-bond acceptors (Lipinski definition) is 4. The molecule has 0 aromatic heterocycles. The molecule has 3 aromatic rings. The molecule has 9 heteroatoms. The third kappa shape index (κ3) is 5.36. The minimum Gasteiger partial charge on any atom is -0.488 e. The molecule has 1 saturated heterocycles. The second kappa shape index (κ2) is 10.2. The van der Waals surface area contributed by atoms with Gasteiger partial charge in [0.1, 0.15) is 18.2 Å². The van der Waals surface area contributed by atoms with Crippen molar-refractivity contribution in [3.05, 3.63) is 103 Å². The summed E-state index contributed by atoms with van der Waals surface area (Å²) in [6.07, 6.45) is 1.58. The lowest BCUT2D eigenvalue weighted by molar-refractivity contribution is -0.123. The van der Waals surface area contributed by atoms with Gasteiger partial charge in [0, 0.05) is 31.8 Å². The van der Waals surface area contributed by atoms with Crippen LogP contribution in [0.1, 0.15) is 16.7 Å². The quantitative estimate of drug-likeness (QED) is 0.313. The van der Waals surface area contributed by atoms with Crippen molar-refractivity contribution >= 4 is 63.8 Å². The first-order chi connectivity index (χ1) is 15.8. The smallest absolute Gasteiger partial charge is 0.293 e. The Bertz CT molecular complexity index is 1260. The fraction of sp³-hybridized carbons (Fsp3) is 0.0833. The Kier molecular flexibility index (Phi) is 7.29. The summed E-state index contributed by atoms with van der Waals surface area (Å²) in [5.74, 6) is -0.600. The number of rotatable bonds is 6. The molecule has 0 bridgehead atoms. The van der Waals surface area contributed by atoms with Gasteiger partial charge in [0.25, 0.3) is 11.1 Å². The molecule has 4 rings (SSSR count). The molecule has 1 aliphatic heterocycles. The summed E-state index contributed by atoms with van der Waals surface area (Å²) in [5, 5.41) is 0.652. The Balaban J connectivity index is 1.54. The molecule has 4 nitrogen and oxygen atoms in total. The Hall–Kier alpha value is -2.51. The minimum absolute atomic E-state index is 0.0892. The predicted molar refractivity (Wildman–Crippen MR) is 130 cm³/mol. The Labute approximate surface area is 208 Å². The van der Waals surface area contributed by atoms with Crippen LogP contribution in [0.3, 0.4) is 0 Å². The van der Waals surface area contributed by atoms with Crippen LogP contribution in [-0.4, -0.2) is 16.0 Å². The van der Waals surface area contributed by atoms with E-state index < -0.39 is 17.0 Å². The first-order valence-corrected chi connectivity index (χ1v) is 11.6. The van der Waals surface area contributed by atoms with Crippen LogP contribution >= 0.6 is 46.6 Å². The van der Waals surface area contributed by atoms with Gasteiger partial charge in [0.05, 0.1) is 11.4 Å². The predicted octanol–water partition coefficient (Wildman–Crippen LogP) is 7.60. The van der Waals surface area contributed by atoms with Crippen LogP contribution in [0.5, 0.6) is 5.75 Å². The second-order valence-corrected chi connectivity index (χ2v) is 9.27. The van der Waals surface area contributed by atoms with Gasteiger partial charge >= 0.3 is 0 Å². The lowest BCUT2D eigenvalue weighted by Gasteiger charge is -2.14. The first-order valence-electron chi connectivity index (χ1n) is 9.67. The van der Waals surface area contributed by atoms with Crippen molar-refractivity contribution in [2.45, 2.75) is 13.2 Å². The van der Waals surface area contributed by atoms with E-state index in [9.17, 15) is 14.0 Å². The van der Waals surface area contributed by atoms with Crippen LogP contribution in [-0.2, 0) is 17.9 Å². The highest BCUT2D eigenvalue weighted by Crippen LogP contribution is 2.36. The van der Waals surface area contributed by atoms with Gasteiger partial charge in [-0.3, -0.25) is 14.5 Å². The Morgan fingerprint density at radius 1 is 0.970 bits per heavy atom. The number of benzene rings is 3. The maximum atomic E-state index is 14.1. The van der Waals surface area contributed by atoms with Gasteiger partial charge in [-0.1, -0.05) is 65.1 Å². The molecule has 0 N–H and O–H groups in total. The van der Waals surface area contributed by atoms with E-state index in [4.69, 9.17) is 39.5 Å². The van der Waals surface area contributed by atoms with E-state index in [1.807, 2.05) is 0 Å². The third-order valence-electron chi connectivity index (χ3n) is 4.86. The summed E-state index contributed by atoms with van der Waals surface area (Å²) in [4.78, 5) is 26.5. The van der Waals surface area contributed by atoms with E-state index in [-0.39, 0.29) is 28.6 Å². The molecule has 0 atom stereocenters. The van der Waals surface area contributed by atoms with E-state index in [0.717, 1.165) is 22.2 Å². The minimum atomic E-state index is -0.579. The number of carbonyl (C=O) groups excluding carboxylic acids is 2. The van der Waals surface area contributed by atoms with E-state index in [2.05, 4.69) is 0 Å². The van der Waals surface area contributed by atoms with Gasteiger partial charge in [-0.2, -0.15) is 0 Å². The summed E-state index contributed by atoms with van der Waals surface area (Å²) in [6.45, 7) is -0.0607. The van der Waals surface area contributed by atoms with Crippen molar-refractivity contribution in [3.63, 3.8) is 0 Å². The summed E-state index contributed by atoms with van der Waals surface area (Å²) < 4.78 is 20.1. The summed E-state index contributed by atoms with van der Waals surface area (Å²) in [7, 11) is 0. The van der Waals surface area contributed by atoms with Crippen LogP contribution in [0.25, 0.3) is 6.08 Å². The zero-order valence-corrected chi connectivity index (χ0v) is 19.9. The fourth-order valence-corrected chi connectivity index (χ4v) is 4.66. The fourth-order valence-electron chi connectivity index (χ4n) is 3.14. The van der Waals surface area contributed by atoms with E-state index in [0.29, 0.717) is 21.4 Å². The van der Waals surface area contributed by atoms with Crippen LogP contribution < -0.4 is 4.74 Å². The lowest BCUT2D eigenvalue weighted by atomic mass is 10.1. The third-order valence-corrected chi connectivity index (χ3v) is 6.70. The lowest BCUT2D eigenvalue weighted by Crippen LogP contribution is -2.28. The van der Waals surface area contributed by atoms with Gasteiger partial charge in [0.2, 0.25) is 0 Å². The molecular weight excluding hydrogens is 508 g/mol. The van der Waals surface area contributed by atoms with E-state index in [1.165, 1.54) is 18.2 Å². The monoisotopic (exact) mass is 521 g/mol. The zero-order valence-electron chi connectivity index (χ0n) is 16.9. The van der Waals surface area contributed by atoms with Gasteiger partial charge in [-0.25, -0.2) is 4.39 Å². The molecule has 0 radical (unpaired) electrons. The number of thioether (sulfide) groups is 1. The largest absolute Gasteiger partial charge is 0.488 e. The number of carbonyl (C=O) groups is 2. The number of imide groups is 1. The highest BCUT2D eigenvalue weighted by molar-refractivity contribution is 8.18. The Morgan fingerprint density at radius 3 is 2.52 bits per heavy atom. The topological polar surface area (TPSA) is 46.6 Å². The number of hydrogen-bond donors (Lipinski definition) is 0. The van der Waals surface area contributed by atoms with Crippen molar-refractivity contribution in [2.75, 3.05) is 0 Å². The average Bonchev–Trinajstić information content (AvgIpc) is 3.04.